The average Bonchev–Trinajstić information content (AvgIpc) is 2.36. The van der Waals surface area contributed by atoms with Gasteiger partial charge in [0.05, 0.1) is 16.3 Å². The molecule has 0 radical (unpaired) electrons. The molecule has 0 spiro atoms. The normalized spacial score (nSPS) is 11.3. The number of anilines is 2. The second kappa shape index (κ2) is 5.37. The number of hydrogen-bond acceptors (Lipinski definition) is 3. The number of nitrogen functional groups attached to an aromatic ring is 1. The molecule has 0 atom stereocenters. The molecular formula is C12H9BrF2N2O2S. The van der Waals surface area contributed by atoms with Gasteiger partial charge in [0.2, 0.25) is 0 Å². The highest BCUT2D eigenvalue weighted by atomic mass is 79.9. The second-order valence-corrected chi connectivity index (χ2v) is 6.45. The Labute approximate surface area is 122 Å². The van der Waals surface area contributed by atoms with E-state index in [0.29, 0.717) is 4.47 Å². The number of sulfonamides is 1. The summed E-state index contributed by atoms with van der Waals surface area (Å²) in [5.74, 6) is -1.31. The number of nitrogens with two attached hydrogens (primary N) is 1. The molecule has 2 rings (SSSR count). The van der Waals surface area contributed by atoms with Crippen LogP contribution in [0.2, 0.25) is 0 Å². The monoisotopic (exact) mass is 362 g/mol. The number of rotatable bonds is 3. The zero-order valence-electron chi connectivity index (χ0n) is 9.90. The third-order valence-corrected chi connectivity index (χ3v) is 4.51. The van der Waals surface area contributed by atoms with Crippen LogP contribution in [0.1, 0.15) is 0 Å². The quantitative estimate of drug-likeness (QED) is 0.824. The van der Waals surface area contributed by atoms with E-state index in [0.717, 1.165) is 24.3 Å². The topological polar surface area (TPSA) is 72.2 Å². The van der Waals surface area contributed by atoms with Crippen LogP contribution in [0.5, 0.6) is 0 Å². The Morgan fingerprint density at radius 2 is 1.80 bits per heavy atom. The van der Waals surface area contributed by atoms with Gasteiger partial charge in [-0.25, -0.2) is 17.2 Å². The first kappa shape index (κ1) is 14.7. The van der Waals surface area contributed by atoms with Crippen LogP contribution in [-0.2, 0) is 10.0 Å². The predicted molar refractivity (Wildman–Crippen MR) is 75.7 cm³/mol. The van der Waals surface area contributed by atoms with Crippen LogP contribution in [0.4, 0.5) is 20.2 Å². The van der Waals surface area contributed by atoms with E-state index < -0.39 is 21.7 Å². The Hall–Kier alpha value is -1.67. The summed E-state index contributed by atoms with van der Waals surface area (Å²) in [7, 11) is -3.99. The Morgan fingerprint density at radius 1 is 1.10 bits per heavy atom. The van der Waals surface area contributed by atoms with Gasteiger partial charge in [-0.05, 0) is 52.3 Å². The van der Waals surface area contributed by atoms with Crippen molar-refractivity contribution in [2.75, 3.05) is 10.5 Å². The van der Waals surface area contributed by atoms with Crippen molar-refractivity contribution in [2.24, 2.45) is 0 Å². The molecule has 0 amide bonds. The Kier molecular flexibility index (Phi) is 3.96. The molecule has 3 N–H and O–H groups in total. The molecule has 0 aliphatic rings. The maximum atomic E-state index is 13.1. The molecule has 0 saturated heterocycles. The summed E-state index contributed by atoms with van der Waals surface area (Å²) < 4.78 is 52.9. The first-order chi connectivity index (χ1) is 9.29. The van der Waals surface area contributed by atoms with Crippen molar-refractivity contribution in [3.05, 3.63) is 52.5 Å². The van der Waals surface area contributed by atoms with Gasteiger partial charge in [-0.15, -0.1) is 0 Å². The molecule has 0 aromatic heterocycles. The van der Waals surface area contributed by atoms with Gasteiger partial charge in [0, 0.05) is 4.47 Å². The fourth-order valence-corrected chi connectivity index (χ4v) is 3.05. The summed E-state index contributed by atoms with van der Waals surface area (Å²) in [6.45, 7) is 0. The lowest BCUT2D eigenvalue weighted by molar-refractivity contribution is 0.600. The molecular weight excluding hydrogens is 354 g/mol. The molecule has 4 nitrogen and oxygen atoms in total. The van der Waals surface area contributed by atoms with Gasteiger partial charge in [-0.1, -0.05) is 0 Å². The molecule has 0 fully saturated rings. The molecule has 2 aromatic carbocycles. The number of nitrogens with one attached hydrogen (secondary N) is 1. The molecule has 0 heterocycles. The van der Waals surface area contributed by atoms with E-state index in [1.165, 1.54) is 12.1 Å². The van der Waals surface area contributed by atoms with Crippen molar-refractivity contribution < 1.29 is 17.2 Å². The minimum atomic E-state index is -3.99. The zero-order chi connectivity index (χ0) is 14.9. The highest BCUT2D eigenvalue weighted by Gasteiger charge is 2.17. The lowest BCUT2D eigenvalue weighted by atomic mass is 10.3. The van der Waals surface area contributed by atoms with Crippen LogP contribution in [0, 0.1) is 11.6 Å². The van der Waals surface area contributed by atoms with Crippen LogP contribution in [-0.4, -0.2) is 8.42 Å². The minimum absolute atomic E-state index is 0.0351. The number of hydrogen-bond donors (Lipinski definition) is 2. The second-order valence-electron chi connectivity index (χ2n) is 3.91. The predicted octanol–water partition coefficient (Wildman–Crippen LogP) is 3.11. The molecule has 0 aliphatic heterocycles. The summed E-state index contributed by atoms with van der Waals surface area (Å²) in [5, 5.41) is 0. The summed E-state index contributed by atoms with van der Waals surface area (Å²) in [6.07, 6.45) is 0. The van der Waals surface area contributed by atoms with Gasteiger partial charge in [-0.3, -0.25) is 4.72 Å². The molecule has 106 valence electrons. The number of benzene rings is 2. The van der Waals surface area contributed by atoms with Crippen molar-refractivity contribution in [1.82, 2.24) is 0 Å². The smallest absolute Gasteiger partial charge is 0.262 e. The maximum absolute atomic E-state index is 13.1. The van der Waals surface area contributed by atoms with E-state index in [4.69, 9.17) is 5.73 Å². The lowest BCUT2D eigenvalue weighted by Crippen LogP contribution is -2.14. The summed E-state index contributed by atoms with van der Waals surface area (Å²) >= 11 is 3.10. The van der Waals surface area contributed by atoms with Crippen molar-refractivity contribution in [3.8, 4) is 0 Å². The van der Waals surface area contributed by atoms with Gasteiger partial charge in [0.15, 0.2) is 0 Å². The molecule has 8 heteroatoms. The van der Waals surface area contributed by atoms with Crippen LogP contribution < -0.4 is 10.5 Å². The van der Waals surface area contributed by atoms with Gasteiger partial charge in [0.1, 0.15) is 11.6 Å². The first-order valence-corrected chi connectivity index (χ1v) is 7.60. The Bertz CT molecular complexity index is 766. The van der Waals surface area contributed by atoms with Crippen molar-refractivity contribution in [3.63, 3.8) is 0 Å². The third-order valence-electron chi connectivity index (χ3n) is 2.45. The van der Waals surface area contributed by atoms with E-state index in [-0.39, 0.29) is 16.3 Å². The molecule has 2 aromatic rings. The molecule has 0 aliphatic carbocycles. The summed E-state index contributed by atoms with van der Waals surface area (Å²) in [4.78, 5) is -0.215. The van der Waals surface area contributed by atoms with E-state index in [2.05, 4.69) is 20.7 Å². The maximum Gasteiger partial charge on any atom is 0.262 e. The lowest BCUT2D eigenvalue weighted by Gasteiger charge is -2.10. The van der Waals surface area contributed by atoms with E-state index in [1.807, 2.05) is 0 Å². The van der Waals surface area contributed by atoms with Gasteiger partial charge in [0.25, 0.3) is 10.0 Å². The van der Waals surface area contributed by atoms with E-state index >= 15 is 0 Å². The Balaban J connectivity index is 2.40. The van der Waals surface area contributed by atoms with Crippen LogP contribution in [0.3, 0.4) is 0 Å². The van der Waals surface area contributed by atoms with Crippen molar-refractivity contribution in [1.29, 1.82) is 0 Å². The van der Waals surface area contributed by atoms with Gasteiger partial charge < -0.3 is 5.73 Å². The summed E-state index contributed by atoms with van der Waals surface area (Å²) in [6, 6.07) is 6.58. The number of halogens is 3. The molecule has 0 unspecified atom stereocenters. The van der Waals surface area contributed by atoms with Gasteiger partial charge >= 0.3 is 0 Å². The fraction of sp³-hybridized carbons (Fsp3) is 0. The van der Waals surface area contributed by atoms with E-state index in [9.17, 15) is 17.2 Å². The largest absolute Gasteiger partial charge is 0.396 e. The SMILES string of the molecule is Nc1cc(S(=O)(=O)Nc2cc(F)ccc2Br)ccc1F. The summed E-state index contributed by atoms with van der Waals surface area (Å²) in [5.41, 5.74) is 5.08. The highest BCUT2D eigenvalue weighted by Crippen LogP contribution is 2.26. The molecule has 0 bridgehead atoms. The van der Waals surface area contributed by atoms with Crippen molar-refractivity contribution in [2.45, 2.75) is 4.90 Å². The highest BCUT2D eigenvalue weighted by molar-refractivity contribution is 9.10. The third kappa shape index (κ3) is 3.07. The van der Waals surface area contributed by atoms with Crippen LogP contribution in [0.15, 0.2) is 45.8 Å². The standard InChI is InChI=1S/C12H9BrF2N2O2S/c13-9-3-1-7(14)5-12(9)17-20(18,19)8-2-4-10(15)11(16)6-8/h1-6,17H,16H2. The minimum Gasteiger partial charge on any atom is -0.396 e. The van der Waals surface area contributed by atoms with Crippen molar-refractivity contribution >= 4 is 37.3 Å². The first-order valence-electron chi connectivity index (χ1n) is 5.32. The fourth-order valence-electron chi connectivity index (χ4n) is 1.47. The van der Waals surface area contributed by atoms with Crippen LogP contribution >= 0.6 is 15.9 Å². The van der Waals surface area contributed by atoms with E-state index in [1.54, 1.807) is 0 Å². The van der Waals surface area contributed by atoms with Gasteiger partial charge in [-0.2, -0.15) is 0 Å². The average molecular weight is 363 g/mol. The zero-order valence-corrected chi connectivity index (χ0v) is 12.3. The molecule has 20 heavy (non-hydrogen) atoms. The van der Waals surface area contributed by atoms with Crippen LogP contribution in [0.25, 0.3) is 0 Å². The Morgan fingerprint density at radius 3 is 2.45 bits per heavy atom. The molecule has 0 saturated carbocycles.